The van der Waals surface area contributed by atoms with Gasteiger partial charge in [-0.3, -0.25) is 9.36 Å². The highest BCUT2D eigenvalue weighted by Crippen LogP contribution is 2.33. The average Bonchev–Trinajstić information content (AvgIpc) is 3.28. The van der Waals surface area contributed by atoms with Crippen molar-refractivity contribution in [1.29, 1.82) is 0 Å². The third-order valence-corrected chi connectivity index (χ3v) is 5.17. The molecule has 2 aromatic heterocycles. The van der Waals surface area contributed by atoms with Crippen molar-refractivity contribution in [3.8, 4) is 0 Å². The number of fused-ring (bicyclic) bond motifs is 1. The van der Waals surface area contributed by atoms with Gasteiger partial charge in [0.15, 0.2) is 29.3 Å². The quantitative estimate of drug-likeness (QED) is 0.402. The van der Waals surface area contributed by atoms with Crippen LogP contribution in [0.1, 0.15) is 11.8 Å². The van der Waals surface area contributed by atoms with E-state index in [1.54, 1.807) is 19.2 Å². The lowest BCUT2D eigenvalue weighted by molar-refractivity contribution is -0.137. The van der Waals surface area contributed by atoms with E-state index in [0.717, 1.165) is 0 Å². The molecule has 0 aliphatic carbocycles. The van der Waals surface area contributed by atoms with Gasteiger partial charge in [0.05, 0.1) is 6.33 Å². The number of aliphatic hydroxyl groups is 2. The van der Waals surface area contributed by atoms with E-state index in [1.807, 2.05) is 0 Å². The number of nitrogens with zero attached hydrogens (tertiary/aromatic N) is 4. The largest absolute Gasteiger partial charge is 0.387 e. The lowest BCUT2D eigenvalue weighted by atomic mass is 10.1. The minimum atomic E-state index is -1.47. The highest BCUT2D eigenvalue weighted by atomic mass is 35.5. The Balaban J connectivity index is 1.47. The van der Waals surface area contributed by atoms with Crippen LogP contribution in [0.5, 0.6) is 0 Å². The molecule has 1 saturated heterocycles. The summed E-state index contributed by atoms with van der Waals surface area (Å²) >= 11 is 5.96. The van der Waals surface area contributed by atoms with Crippen LogP contribution in [-0.2, 0) is 16.0 Å². The van der Waals surface area contributed by atoms with E-state index in [2.05, 4.69) is 25.6 Å². The number of hydrogen-bond acceptors (Lipinski definition) is 8. The van der Waals surface area contributed by atoms with Crippen molar-refractivity contribution in [1.82, 2.24) is 24.8 Å². The van der Waals surface area contributed by atoms with Gasteiger partial charge in [0.2, 0.25) is 5.28 Å². The van der Waals surface area contributed by atoms with Crippen LogP contribution in [0.2, 0.25) is 5.28 Å². The molecule has 1 aliphatic rings. The number of benzene rings is 1. The molecule has 0 spiro atoms. The van der Waals surface area contributed by atoms with Crippen molar-refractivity contribution in [3.63, 3.8) is 0 Å². The number of nitrogens with one attached hydrogen (secondary N) is 2. The summed E-state index contributed by atoms with van der Waals surface area (Å²) in [7, 11) is 1.64. The smallest absolute Gasteiger partial charge is 0.252 e. The van der Waals surface area contributed by atoms with Crippen molar-refractivity contribution < 1.29 is 24.1 Å². The SMILES string of the molecule is CNc1nc(Cl)nc2c1ncn2C1OC(C(=O)NCCc2cccc(F)c2)C(O)C1O. The lowest BCUT2D eigenvalue weighted by Crippen LogP contribution is -2.43. The molecule has 3 aromatic rings. The molecule has 10 nitrogen and oxygen atoms in total. The van der Waals surface area contributed by atoms with Crippen molar-refractivity contribution in [2.45, 2.75) is 31.0 Å². The first-order chi connectivity index (χ1) is 14.9. The predicted octanol–water partition coefficient (Wildman–Crippen LogP) is 0.639. The van der Waals surface area contributed by atoms with Gasteiger partial charge in [-0.05, 0) is 35.7 Å². The van der Waals surface area contributed by atoms with E-state index < -0.39 is 30.4 Å². The van der Waals surface area contributed by atoms with Crippen molar-refractivity contribution in [3.05, 3.63) is 47.3 Å². The monoisotopic (exact) mass is 450 g/mol. The Morgan fingerprint density at radius 1 is 1.32 bits per heavy atom. The molecule has 4 unspecified atom stereocenters. The minimum Gasteiger partial charge on any atom is -0.387 e. The van der Waals surface area contributed by atoms with Crippen LogP contribution in [0.25, 0.3) is 11.2 Å². The first kappa shape index (κ1) is 21.4. The summed E-state index contributed by atoms with van der Waals surface area (Å²) in [6.45, 7) is 0.206. The zero-order valence-electron chi connectivity index (χ0n) is 16.4. The molecular formula is C19H20ClFN6O4. The predicted molar refractivity (Wildman–Crippen MR) is 109 cm³/mol. The molecule has 1 aliphatic heterocycles. The molecule has 1 amide bonds. The second-order valence-corrected chi connectivity index (χ2v) is 7.35. The highest BCUT2D eigenvalue weighted by molar-refractivity contribution is 6.28. The first-order valence-corrected chi connectivity index (χ1v) is 9.88. The first-order valence-electron chi connectivity index (χ1n) is 9.50. The Hall–Kier alpha value is -2.86. The van der Waals surface area contributed by atoms with E-state index in [4.69, 9.17) is 16.3 Å². The second-order valence-electron chi connectivity index (χ2n) is 7.01. The van der Waals surface area contributed by atoms with Crippen molar-refractivity contribution >= 4 is 34.5 Å². The third kappa shape index (κ3) is 4.17. The maximum absolute atomic E-state index is 13.3. The van der Waals surface area contributed by atoms with Crippen LogP contribution < -0.4 is 10.6 Å². The van der Waals surface area contributed by atoms with E-state index in [-0.39, 0.29) is 23.3 Å². The van der Waals surface area contributed by atoms with Crippen molar-refractivity contribution in [2.75, 3.05) is 18.9 Å². The number of rotatable bonds is 6. The zero-order chi connectivity index (χ0) is 22.1. The number of amides is 1. The molecule has 164 valence electrons. The molecule has 4 N–H and O–H groups in total. The van der Waals surface area contributed by atoms with E-state index in [1.165, 1.54) is 23.0 Å². The van der Waals surface area contributed by atoms with Crippen LogP contribution in [0.15, 0.2) is 30.6 Å². The van der Waals surface area contributed by atoms with E-state index >= 15 is 0 Å². The zero-order valence-corrected chi connectivity index (χ0v) is 17.1. The van der Waals surface area contributed by atoms with Gasteiger partial charge < -0.3 is 25.6 Å². The number of anilines is 1. The Morgan fingerprint density at radius 3 is 2.87 bits per heavy atom. The fraction of sp³-hybridized carbons (Fsp3) is 0.368. The highest BCUT2D eigenvalue weighted by Gasteiger charge is 2.47. The van der Waals surface area contributed by atoms with Gasteiger partial charge in [0.1, 0.15) is 18.0 Å². The molecule has 4 atom stereocenters. The molecular weight excluding hydrogens is 431 g/mol. The Labute approximate surface area is 181 Å². The van der Waals surface area contributed by atoms with E-state index in [0.29, 0.717) is 23.3 Å². The van der Waals surface area contributed by atoms with Crippen LogP contribution >= 0.6 is 11.6 Å². The Morgan fingerprint density at radius 2 is 2.13 bits per heavy atom. The number of aliphatic hydroxyl groups excluding tert-OH is 2. The normalized spacial score (nSPS) is 23.3. The molecule has 1 fully saturated rings. The number of ether oxygens (including phenoxy) is 1. The maximum atomic E-state index is 13.3. The summed E-state index contributed by atoms with van der Waals surface area (Å²) in [4.78, 5) is 24.9. The fourth-order valence-corrected chi connectivity index (χ4v) is 3.64. The van der Waals surface area contributed by atoms with Gasteiger partial charge in [0.25, 0.3) is 5.91 Å². The van der Waals surface area contributed by atoms with Crippen LogP contribution in [-0.4, -0.2) is 67.5 Å². The van der Waals surface area contributed by atoms with Gasteiger partial charge in [-0.1, -0.05) is 12.1 Å². The number of hydrogen-bond donors (Lipinski definition) is 4. The number of carbonyl (C=O) groups is 1. The second kappa shape index (κ2) is 8.71. The van der Waals surface area contributed by atoms with Gasteiger partial charge >= 0.3 is 0 Å². The standard InChI is InChI=1S/C19H20ClFN6O4/c1-22-15-11-16(26-19(20)25-15)27(8-24-11)18-13(29)12(28)14(31-18)17(30)23-6-5-9-3-2-4-10(21)7-9/h2-4,7-8,12-14,18,28-29H,5-6H2,1H3,(H,23,30)(H,22,25,26). The molecule has 0 radical (unpaired) electrons. The van der Waals surface area contributed by atoms with Crippen LogP contribution in [0.4, 0.5) is 10.2 Å². The summed E-state index contributed by atoms with van der Waals surface area (Å²) in [6.07, 6.45) is -3.56. The van der Waals surface area contributed by atoms with Crippen molar-refractivity contribution in [2.24, 2.45) is 0 Å². The fourth-order valence-electron chi connectivity index (χ4n) is 3.48. The van der Waals surface area contributed by atoms with Gasteiger partial charge in [-0.15, -0.1) is 0 Å². The molecule has 4 rings (SSSR count). The molecule has 31 heavy (non-hydrogen) atoms. The summed E-state index contributed by atoms with van der Waals surface area (Å²) < 4.78 is 20.3. The number of halogens is 2. The van der Waals surface area contributed by atoms with E-state index in [9.17, 15) is 19.4 Å². The van der Waals surface area contributed by atoms with Crippen LogP contribution in [0, 0.1) is 5.82 Å². The average molecular weight is 451 g/mol. The molecule has 0 bridgehead atoms. The Bertz CT molecular complexity index is 1110. The van der Waals surface area contributed by atoms with Gasteiger partial charge in [-0.2, -0.15) is 9.97 Å². The number of aromatic nitrogens is 4. The topological polar surface area (TPSA) is 134 Å². The maximum Gasteiger partial charge on any atom is 0.252 e. The summed E-state index contributed by atoms with van der Waals surface area (Å²) in [5, 5.41) is 26.3. The summed E-state index contributed by atoms with van der Waals surface area (Å²) in [5.41, 5.74) is 1.38. The molecule has 3 heterocycles. The third-order valence-electron chi connectivity index (χ3n) is 5.00. The summed E-state index contributed by atoms with van der Waals surface area (Å²) in [6, 6.07) is 6.04. The lowest BCUT2D eigenvalue weighted by Gasteiger charge is -2.16. The van der Waals surface area contributed by atoms with Gasteiger partial charge in [0, 0.05) is 13.6 Å². The molecule has 12 heteroatoms. The molecule has 0 saturated carbocycles. The Kier molecular flexibility index (Phi) is 6.01. The number of carbonyl (C=O) groups excluding carboxylic acids is 1. The molecule has 1 aromatic carbocycles. The minimum absolute atomic E-state index is 0.0433. The van der Waals surface area contributed by atoms with Crippen LogP contribution in [0.3, 0.4) is 0 Å². The number of imidazole rings is 1. The summed E-state index contributed by atoms with van der Waals surface area (Å²) in [5.74, 6) is -0.575. The van der Waals surface area contributed by atoms with Gasteiger partial charge in [-0.25, -0.2) is 9.37 Å².